The molecule has 0 radical (unpaired) electrons. The van der Waals surface area contributed by atoms with Crippen molar-refractivity contribution in [2.75, 3.05) is 11.4 Å². The maximum absolute atomic E-state index is 3.55. The number of nitrogens with one attached hydrogen (secondary N) is 1. The minimum Gasteiger partial charge on any atom is -0.369 e. The highest BCUT2D eigenvalue weighted by Crippen LogP contribution is 2.27. The topological polar surface area (TPSA) is 15.3 Å². The molecule has 1 aliphatic rings. The SMILES string of the molecule is CCCC1CCCCN1c1ccc(CNC(C)(C)C)cc1. The highest BCUT2D eigenvalue weighted by molar-refractivity contribution is 5.49. The molecule has 0 aliphatic carbocycles. The lowest BCUT2D eigenvalue weighted by atomic mass is 9.97. The third kappa shape index (κ3) is 5.03. The Morgan fingerprint density at radius 1 is 1.14 bits per heavy atom. The molecule has 1 unspecified atom stereocenters. The zero-order valence-electron chi connectivity index (χ0n) is 14.3. The normalized spacial score (nSPS) is 19.8. The number of piperidine rings is 1. The van der Waals surface area contributed by atoms with Gasteiger partial charge in [-0.2, -0.15) is 0 Å². The maximum atomic E-state index is 3.55. The lowest BCUT2D eigenvalue weighted by Gasteiger charge is -2.37. The fourth-order valence-corrected chi connectivity index (χ4v) is 3.15. The summed E-state index contributed by atoms with van der Waals surface area (Å²) in [4.78, 5) is 2.63. The lowest BCUT2D eigenvalue weighted by Crippen LogP contribution is -2.39. The fraction of sp³-hybridized carbons (Fsp3) is 0.684. The van der Waals surface area contributed by atoms with Gasteiger partial charge < -0.3 is 10.2 Å². The summed E-state index contributed by atoms with van der Waals surface area (Å²) in [6.45, 7) is 11.1. The van der Waals surface area contributed by atoms with Gasteiger partial charge in [-0.1, -0.05) is 25.5 Å². The average molecular weight is 288 g/mol. The van der Waals surface area contributed by atoms with Crippen molar-refractivity contribution in [3.8, 4) is 0 Å². The summed E-state index contributed by atoms with van der Waals surface area (Å²) in [7, 11) is 0. The van der Waals surface area contributed by atoms with Crippen LogP contribution in [0, 0.1) is 0 Å². The Morgan fingerprint density at radius 2 is 1.86 bits per heavy atom. The van der Waals surface area contributed by atoms with E-state index in [1.54, 1.807) is 0 Å². The number of anilines is 1. The van der Waals surface area contributed by atoms with Gasteiger partial charge in [0, 0.05) is 30.4 Å². The largest absolute Gasteiger partial charge is 0.369 e. The smallest absolute Gasteiger partial charge is 0.0368 e. The van der Waals surface area contributed by atoms with Crippen molar-refractivity contribution in [3.63, 3.8) is 0 Å². The van der Waals surface area contributed by atoms with Crippen LogP contribution in [-0.2, 0) is 6.54 Å². The van der Waals surface area contributed by atoms with Crippen LogP contribution in [0.4, 0.5) is 5.69 Å². The van der Waals surface area contributed by atoms with Crippen molar-refractivity contribution in [3.05, 3.63) is 29.8 Å². The third-order valence-corrected chi connectivity index (χ3v) is 4.34. The molecule has 0 aromatic heterocycles. The molecule has 1 saturated heterocycles. The quantitative estimate of drug-likeness (QED) is 0.842. The average Bonchev–Trinajstić information content (AvgIpc) is 2.46. The number of rotatable bonds is 5. The summed E-state index contributed by atoms with van der Waals surface area (Å²) in [5.41, 5.74) is 2.96. The van der Waals surface area contributed by atoms with Gasteiger partial charge in [-0.15, -0.1) is 0 Å². The monoisotopic (exact) mass is 288 g/mol. The van der Waals surface area contributed by atoms with Crippen molar-refractivity contribution in [2.24, 2.45) is 0 Å². The number of hydrogen-bond acceptors (Lipinski definition) is 2. The Balaban J connectivity index is 2.00. The highest BCUT2D eigenvalue weighted by Gasteiger charge is 2.21. The molecule has 1 aliphatic heterocycles. The molecule has 0 saturated carbocycles. The molecule has 0 amide bonds. The molecule has 21 heavy (non-hydrogen) atoms. The molecule has 2 heteroatoms. The van der Waals surface area contributed by atoms with Gasteiger partial charge >= 0.3 is 0 Å². The molecule has 0 bridgehead atoms. The third-order valence-electron chi connectivity index (χ3n) is 4.34. The van der Waals surface area contributed by atoms with E-state index < -0.39 is 0 Å². The predicted molar refractivity (Wildman–Crippen MR) is 92.9 cm³/mol. The molecular formula is C19H32N2. The zero-order valence-corrected chi connectivity index (χ0v) is 14.3. The van der Waals surface area contributed by atoms with E-state index in [1.165, 1.54) is 49.9 Å². The van der Waals surface area contributed by atoms with E-state index in [9.17, 15) is 0 Å². The molecule has 2 nitrogen and oxygen atoms in total. The molecule has 1 aromatic carbocycles. The van der Waals surface area contributed by atoms with Gasteiger partial charge in [0.05, 0.1) is 0 Å². The van der Waals surface area contributed by atoms with Gasteiger partial charge in [0.2, 0.25) is 0 Å². The second-order valence-corrected chi connectivity index (χ2v) is 7.40. The van der Waals surface area contributed by atoms with Gasteiger partial charge in [0.25, 0.3) is 0 Å². The van der Waals surface area contributed by atoms with E-state index in [4.69, 9.17) is 0 Å². The summed E-state index contributed by atoms with van der Waals surface area (Å²) in [6.07, 6.45) is 6.71. The number of hydrogen-bond donors (Lipinski definition) is 1. The molecule has 0 spiro atoms. The first-order chi connectivity index (χ1) is 9.99. The molecular weight excluding hydrogens is 256 g/mol. The first-order valence-corrected chi connectivity index (χ1v) is 8.60. The van der Waals surface area contributed by atoms with E-state index in [2.05, 4.69) is 62.2 Å². The first-order valence-electron chi connectivity index (χ1n) is 8.60. The Morgan fingerprint density at radius 3 is 2.48 bits per heavy atom. The molecule has 1 fully saturated rings. The second-order valence-electron chi connectivity index (χ2n) is 7.40. The number of benzene rings is 1. The van der Waals surface area contributed by atoms with Gasteiger partial charge in [0.1, 0.15) is 0 Å². The van der Waals surface area contributed by atoms with E-state index >= 15 is 0 Å². The minimum absolute atomic E-state index is 0.178. The van der Waals surface area contributed by atoms with Crippen LogP contribution in [-0.4, -0.2) is 18.1 Å². The summed E-state index contributed by atoms with van der Waals surface area (Å²) in [6, 6.07) is 9.95. The van der Waals surface area contributed by atoms with Crippen LogP contribution in [0.3, 0.4) is 0 Å². The molecule has 1 aromatic rings. The molecule has 1 N–H and O–H groups in total. The van der Waals surface area contributed by atoms with E-state index in [1.807, 2.05) is 0 Å². The van der Waals surface area contributed by atoms with Crippen molar-refractivity contribution >= 4 is 5.69 Å². The zero-order chi connectivity index (χ0) is 15.3. The predicted octanol–water partition coefficient (Wildman–Crippen LogP) is 4.73. The summed E-state index contributed by atoms with van der Waals surface area (Å²) >= 11 is 0. The van der Waals surface area contributed by atoms with Crippen molar-refractivity contribution in [1.82, 2.24) is 5.32 Å². The Kier molecular flexibility index (Phi) is 5.69. The summed E-state index contributed by atoms with van der Waals surface area (Å²) in [5, 5.41) is 3.55. The van der Waals surface area contributed by atoms with Crippen LogP contribution in [0.2, 0.25) is 0 Å². The van der Waals surface area contributed by atoms with E-state index in [-0.39, 0.29) is 5.54 Å². The Hall–Kier alpha value is -1.02. The van der Waals surface area contributed by atoms with Crippen molar-refractivity contribution in [1.29, 1.82) is 0 Å². The molecule has 1 heterocycles. The minimum atomic E-state index is 0.178. The van der Waals surface area contributed by atoms with Crippen LogP contribution in [0.5, 0.6) is 0 Å². The van der Waals surface area contributed by atoms with Crippen LogP contribution in [0.15, 0.2) is 24.3 Å². The van der Waals surface area contributed by atoms with Gasteiger partial charge in [-0.3, -0.25) is 0 Å². The first kappa shape index (κ1) is 16.4. The Bertz CT molecular complexity index is 414. The number of nitrogens with zero attached hydrogens (tertiary/aromatic N) is 1. The highest BCUT2D eigenvalue weighted by atomic mass is 15.2. The maximum Gasteiger partial charge on any atom is 0.0368 e. The standard InChI is InChI=1S/C19H32N2/c1-5-8-17-9-6-7-14-21(17)18-12-10-16(11-13-18)15-20-19(2,3)4/h10-13,17,20H,5-9,14-15H2,1-4H3. The van der Waals surface area contributed by atoms with Crippen LogP contribution < -0.4 is 10.2 Å². The van der Waals surface area contributed by atoms with Crippen molar-refractivity contribution < 1.29 is 0 Å². The molecule has 118 valence electrons. The molecule has 2 rings (SSSR count). The van der Waals surface area contributed by atoms with Crippen molar-refractivity contribution in [2.45, 2.75) is 77.9 Å². The van der Waals surface area contributed by atoms with E-state index in [0.29, 0.717) is 0 Å². The molecule has 1 atom stereocenters. The fourth-order valence-electron chi connectivity index (χ4n) is 3.15. The van der Waals surface area contributed by atoms with Crippen LogP contribution >= 0.6 is 0 Å². The Labute approximate surface area is 130 Å². The lowest BCUT2D eigenvalue weighted by molar-refractivity contribution is 0.424. The van der Waals surface area contributed by atoms with Gasteiger partial charge in [-0.05, 0) is 64.2 Å². The van der Waals surface area contributed by atoms with Gasteiger partial charge in [0.15, 0.2) is 0 Å². The summed E-state index contributed by atoms with van der Waals surface area (Å²) in [5.74, 6) is 0. The van der Waals surface area contributed by atoms with Crippen LogP contribution in [0.1, 0.15) is 65.4 Å². The van der Waals surface area contributed by atoms with Gasteiger partial charge in [-0.25, -0.2) is 0 Å². The van der Waals surface area contributed by atoms with Crippen LogP contribution in [0.25, 0.3) is 0 Å². The summed E-state index contributed by atoms with van der Waals surface area (Å²) < 4.78 is 0. The van der Waals surface area contributed by atoms with E-state index in [0.717, 1.165) is 12.6 Å². The second kappa shape index (κ2) is 7.31.